The minimum absolute atomic E-state index is 0.0507. The molecule has 1 saturated heterocycles. The third kappa shape index (κ3) is 3.27. The van der Waals surface area contributed by atoms with Crippen molar-refractivity contribution in [3.05, 3.63) is 17.5 Å². The van der Waals surface area contributed by atoms with Crippen molar-refractivity contribution in [1.82, 2.24) is 15.0 Å². The van der Waals surface area contributed by atoms with Crippen LogP contribution in [0.1, 0.15) is 30.7 Å². The summed E-state index contributed by atoms with van der Waals surface area (Å²) in [6, 6.07) is 2.03. The lowest BCUT2D eigenvalue weighted by Gasteiger charge is -2.36. The largest absolute Gasteiger partial charge is 0.361 e. The van der Waals surface area contributed by atoms with E-state index in [1.54, 1.807) is 0 Å². The number of aryl methyl sites for hydroxylation is 1. The van der Waals surface area contributed by atoms with Crippen LogP contribution in [0, 0.1) is 12.8 Å². The van der Waals surface area contributed by atoms with Gasteiger partial charge in [-0.05, 0) is 19.8 Å². The minimum atomic E-state index is 0.0507. The van der Waals surface area contributed by atoms with Crippen LogP contribution in [0.4, 0.5) is 0 Å². The second-order valence-electron chi connectivity index (χ2n) is 6.23. The first-order chi connectivity index (χ1) is 10.1. The van der Waals surface area contributed by atoms with Gasteiger partial charge in [-0.3, -0.25) is 9.69 Å². The topological polar surface area (TPSA) is 75.6 Å². The lowest BCUT2D eigenvalue weighted by Crippen LogP contribution is -2.51. The smallest absolute Gasteiger partial charge is 0.227 e. The van der Waals surface area contributed by atoms with Crippen molar-refractivity contribution in [3.8, 4) is 0 Å². The molecule has 116 valence electrons. The van der Waals surface area contributed by atoms with Crippen molar-refractivity contribution < 1.29 is 9.32 Å². The van der Waals surface area contributed by atoms with Crippen LogP contribution in [0.3, 0.4) is 0 Å². The summed E-state index contributed by atoms with van der Waals surface area (Å²) >= 11 is 0. The van der Waals surface area contributed by atoms with Crippen LogP contribution >= 0.6 is 0 Å². The predicted molar refractivity (Wildman–Crippen MR) is 78.4 cm³/mol. The second-order valence-corrected chi connectivity index (χ2v) is 6.23. The maximum atomic E-state index is 12.5. The van der Waals surface area contributed by atoms with Crippen LogP contribution in [-0.4, -0.2) is 53.1 Å². The molecule has 2 aliphatic rings. The Morgan fingerprint density at radius 1 is 1.38 bits per heavy atom. The molecular weight excluding hydrogens is 268 g/mol. The Hall–Kier alpha value is -1.40. The highest BCUT2D eigenvalue weighted by Crippen LogP contribution is 2.26. The molecule has 2 N–H and O–H groups in total. The first-order valence-corrected chi connectivity index (χ1v) is 7.82. The SMILES string of the molecule is Cc1cc(CN2CCN(C(=O)[C@H]3CCC[C@@H]3N)CC2)no1. The molecule has 1 saturated carbocycles. The molecule has 3 rings (SSSR count). The van der Waals surface area contributed by atoms with Gasteiger partial charge in [0.2, 0.25) is 5.91 Å². The summed E-state index contributed by atoms with van der Waals surface area (Å²) in [4.78, 5) is 16.8. The Morgan fingerprint density at radius 3 is 2.71 bits per heavy atom. The molecule has 21 heavy (non-hydrogen) atoms. The van der Waals surface area contributed by atoms with Crippen molar-refractivity contribution in [3.63, 3.8) is 0 Å². The van der Waals surface area contributed by atoms with Crippen LogP contribution in [0.25, 0.3) is 0 Å². The Bertz CT molecular complexity index is 494. The average Bonchev–Trinajstić information content (AvgIpc) is 3.08. The number of hydrogen-bond acceptors (Lipinski definition) is 5. The fourth-order valence-electron chi connectivity index (χ4n) is 3.38. The van der Waals surface area contributed by atoms with Gasteiger partial charge >= 0.3 is 0 Å². The molecule has 2 heterocycles. The molecule has 0 bridgehead atoms. The number of piperazine rings is 1. The summed E-state index contributed by atoms with van der Waals surface area (Å²) in [5.74, 6) is 1.15. The maximum absolute atomic E-state index is 12.5. The fraction of sp³-hybridized carbons (Fsp3) is 0.733. The molecule has 2 fully saturated rings. The molecule has 0 unspecified atom stereocenters. The highest BCUT2D eigenvalue weighted by atomic mass is 16.5. The Morgan fingerprint density at radius 2 is 2.14 bits per heavy atom. The third-order valence-electron chi connectivity index (χ3n) is 4.63. The molecule has 0 spiro atoms. The van der Waals surface area contributed by atoms with Gasteiger partial charge in [0.15, 0.2) is 0 Å². The van der Waals surface area contributed by atoms with Crippen molar-refractivity contribution in [2.45, 2.75) is 38.8 Å². The van der Waals surface area contributed by atoms with Crippen LogP contribution in [-0.2, 0) is 11.3 Å². The molecule has 1 aliphatic heterocycles. The van der Waals surface area contributed by atoms with E-state index < -0.39 is 0 Å². The first kappa shape index (κ1) is 14.5. The highest BCUT2D eigenvalue weighted by Gasteiger charge is 2.34. The van der Waals surface area contributed by atoms with Crippen molar-refractivity contribution in [1.29, 1.82) is 0 Å². The van der Waals surface area contributed by atoms with Gasteiger partial charge in [0.25, 0.3) is 0 Å². The van der Waals surface area contributed by atoms with Gasteiger partial charge in [-0.25, -0.2) is 0 Å². The van der Waals surface area contributed by atoms with Gasteiger partial charge in [0.05, 0.1) is 11.6 Å². The van der Waals surface area contributed by atoms with E-state index in [9.17, 15) is 4.79 Å². The van der Waals surface area contributed by atoms with Gasteiger partial charge in [-0.1, -0.05) is 11.6 Å². The van der Waals surface area contributed by atoms with Crippen LogP contribution in [0.2, 0.25) is 0 Å². The van der Waals surface area contributed by atoms with Crippen molar-refractivity contribution in [2.75, 3.05) is 26.2 Å². The monoisotopic (exact) mass is 292 g/mol. The molecule has 1 aromatic rings. The summed E-state index contributed by atoms with van der Waals surface area (Å²) in [6.45, 7) is 6.05. The van der Waals surface area contributed by atoms with E-state index in [4.69, 9.17) is 10.3 Å². The standard InChI is InChI=1S/C15H24N4O2/c1-11-9-12(17-21-11)10-18-5-7-19(8-6-18)15(20)13-3-2-4-14(13)16/h9,13-14H,2-8,10,16H2,1H3/t13-,14-/m0/s1. The second kappa shape index (κ2) is 6.15. The number of amides is 1. The Balaban J connectivity index is 1.49. The number of carbonyl (C=O) groups excluding carboxylic acids is 1. The van der Waals surface area contributed by atoms with Crippen molar-refractivity contribution >= 4 is 5.91 Å². The molecule has 6 heteroatoms. The number of hydrogen-bond donors (Lipinski definition) is 1. The summed E-state index contributed by atoms with van der Waals surface area (Å²) < 4.78 is 5.09. The zero-order chi connectivity index (χ0) is 14.8. The average molecular weight is 292 g/mol. The van der Waals surface area contributed by atoms with E-state index in [1.165, 1.54) is 0 Å². The maximum Gasteiger partial charge on any atom is 0.227 e. The molecule has 0 aromatic carbocycles. The molecular formula is C15H24N4O2. The number of rotatable bonds is 3. The quantitative estimate of drug-likeness (QED) is 0.890. The summed E-state index contributed by atoms with van der Waals surface area (Å²) in [6.07, 6.45) is 3.03. The van der Waals surface area contributed by atoms with E-state index in [2.05, 4.69) is 10.1 Å². The number of carbonyl (C=O) groups is 1. The van der Waals surface area contributed by atoms with E-state index in [1.807, 2.05) is 17.9 Å². The first-order valence-electron chi connectivity index (χ1n) is 7.82. The molecule has 0 radical (unpaired) electrons. The molecule has 1 amide bonds. The number of nitrogens with two attached hydrogens (primary N) is 1. The van der Waals surface area contributed by atoms with Crippen LogP contribution in [0.5, 0.6) is 0 Å². The summed E-state index contributed by atoms with van der Waals surface area (Å²) in [7, 11) is 0. The number of aromatic nitrogens is 1. The van der Waals surface area contributed by atoms with E-state index >= 15 is 0 Å². The minimum Gasteiger partial charge on any atom is -0.361 e. The highest BCUT2D eigenvalue weighted by molar-refractivity contribution is 5.80. The summed E-state index contributed by atoms with van der Waals surface area (Å²) in [5.41, 5.74) is 7.00. The number of nitrogens with zero attached hydrogens (tertiary/aromatic N) is 3. The molecule has 1 aliphatic carbocycles. The van der Waals surface area contributed by atoms with Crippen LogP contribution in [0.15, 0.2) is 10.6 Å². The van der Waals surface area contributed by atoms with E-state index in [0.29, 0.717) is 0 Å². The third-order valence-corrected chi connectivity index (χ3v) is 4.63. The molecule has 1 aromatic heterocycles. The van der Waals surface area contributed by atoms with Crippen molar-refractivity contribution in [2.24, 2.45) is 11.7 Å². The fourth-order valence-corrected chi connectivity index (χ4v) is 3.38. The van der Waals surface area contributed by atoms with Gasteiger partial charge in [-0.15, -0.1) is 0 Å². The van der Waals surface area contributed by atoms with Gasteiger partial charge in [-0.2, -0.15) is 0 Å². The Labute approximate surface area is 125 Å². The molecule has 6 nitrogen and oxygen atoms in total. The zero-order valence-electron chi connectivity index (χ0n) is 12.6. The lowest BCUT2D eigenvalue weighted by atomic mass is 10.0. The summed E-state index contributed by atoms with van der Waals surface area (Å²) in [5, 5.41) is 4.02. The zero-order valence-corrected chi connectivity index (χ0v) is 12.6. The van der Waals surface area contributed by atoms with E-state index in [-0.39, 0.29) is 17.9 Å². The Kier molecular flexibility index (Phi) is 4.26. The van der Waals surface area contributed by atoms with Gasteiger partial charge in [0.1, 0.15) is 5.76 Å². The van der Waals surface area contributed by atoms with Crippen LogP contribution < -0.4 is 5.73 Å². The normalized spacial score (nSPS) is 27.2. The van der Waals surface area contributed by atoms with Gasteiger partial charge in [0, 0.05) is 44.8 Å². The predicted octanol–water partition coefficient (Wildman–Crippen LogP) is 0.755. The van der Waals surface area contributed by atoms with Gasteiger partial charge < -0.3 is 15.2 Å². The van der Waals surface area contributed by atoms with E-state index in [0.717, 1.165) is 63.4 Å². The lowest BCUT2D eigenvalue weighted by molar-refractivity contribution is -0.137. The molecule has 2 atom stereocenters.